The van der Waals surface area contributed by atoms with Crippen molar-refractivity contribution in [2.75, 3.05) is 19.6 Å². The van der Waals surface area contributed by atoms with Crippen LogP contribution in [0.4, 0.5) is 8.78 Å². The first-order valence-corrected chi connectivity index (χ1v) is 9.00. The third-order valence-electron chi connectivity index (χ3n) is 5.37. The van der Waals surface area contributed by atoms with Crippen molar-refractivity contribution in [3.05, 3.63) is 53.9 Å². The smallest absolute Gasteiger partial charge is 0.195 e. The molecule has 2 aliphatic rings. The first-order valence-electron chi connectivity index (χ1n) is 9.00. The highest BCUT2D eigenvalue weighted by Crippen LogP contribution is 2.40. The number of Topliss-reactive ketones (excluding diaryl/α,β-unsaturated/α-hetero) is 1. The van der Waals surface area contributed by atoms with Crippen LogP contribution in [0.25, 0.3) is 0 Å². The number of aromatic nitrogens is 1. The summed E-state index contributed by atoms with van der Waals surface area (Å²) in [5.74, 6) is -0.445. The number of likely N-dealkylation sites (tertiary alicyclic amines) is 1. The molecule has 4 rings (SSSR count). The number of carbonyl (C=O) groups excluding carboxylic acids is 1. The van der Waals surface area contributed by atoms with Gasteiger partial charge in [-0.1, -0.05) is 0 Å². The van der Waals surface area contributed by atoms with Crippen molar-refractivity contribution in [3.8, 4) is 11.5 Å². The van der Waals surface area contributed by atoms with Crippen LogP contribution in [0, 0.1) is 23.5 Å². The van der Waals surface area contributed by atoms with Crippen LogP contribution < -0.4 is 4.74 Å². The Kier molecular flexibility index (Phi) is 4.78. The molecule has 5 nitrogen and oxygen atoms in total. The summed E-state index contributed by atoms with van der Waals surface area (Å²) < 4.78 is 32.5. The molecule has 2 aromatic rings. The molecule has 0 spiro atoms. The largest absolute Gasteiger partial charge is 0.506 e. The lowest BCUT2D eigenvalue weighted by atomic mass is 10.0. The van der Waals surface area contributed by atoms with Crippen molar-refractivity contribution in [1.29, 1.82) is 0 Å². The normalized spacial score (nSPS) is 24.7. The summed E-state index contributed by atoms with van der Waals surface area (Å²) in [6, 6.07) is 6.33. The fourth-order valence-corrected chi connectivity index (χ4v) is 4.15. The van der Waals surface area contributed by atoms with Gasteiger partial charge >= 0.3 is 0 Å². The SMILES string of the molecule is O=C(CN1C[C@H]2C[C@@H](Oc3ccc(F)cc3F)C[C@H]2C1)c1ccc(O)cn1. The van der Waals surface area contributed by atoms with E-state index in [1.165, 1.54) is 30.5 Å². The summed E-state index contributed by atoms with van der Waals surface area (Å²) in [4.78, 5) is 18.4. The molecule has 0 radical (unpaired) electrons. The number of ether oxygens (including phenoxy) is 1. The van der Waals surface area contributed by atoms with Gasteiger partial charge < -0.3 is 9.84 Å². The molecule has 1 aliphatic carbocycles. The zero-order chi connectivity index (χ0) is 19.0. The van der Waals surface area contributed by atoms with Gasteiger partial charge in [0, 0.05) is 19.2 Å². The number of pyridine rings is 1. The maximum atomic E-state index is 13.8. The molecule has 0 unspecified atom stereocenters. The lowest BCUT2D eigenvalue weighted by Gasteiger charge is -2.19. The maximum absolute atomic E-state index is 13.8. The van der Waals surface area contributed by atoms with E-state index in [1.54, 1.807) is 0 Å². The number of nitrogens with zero attached hydrogens (tertiary/aromatic N) is 2. The van der Waals surface area contributed by atoms with Gasteiger partial charge in [-0.15, -0.1) is 0 Å². The molecule has 7 heteroatoms. The van der Waals surface area contributed by atoms with E-state index in [4.69, 9.17) is 4.74 Å². The van der Waals surface area contributed by atoms with E-state index in [9.17, 15) is 18.7 Å². The minimum atomic E-state index is -0.680. The van der Waals surface area contributed by atoms with Crippen molar-refractivity contribution >= 4 is 5.78 Å². The fraction of sp³-hybridized carbons (Fsp3) is 0.400. The van der Waals surface area contributed by atoms with E-state index in [1.807, 2.05) is 0 Å². The van der Waals surface area contributed by atoms with Crippen LogP contribution in [0.5, 0.6) is 11.5 Å². The average molecular weight is 374 g/mol. The lowest BCUT2D eigenvalue weighted by molar-refractivity contribution is 0.0931. The predicted octanol–water partition coefficient (Wildman–Crippen LogP) is 3.04. The fourth-order valence-electron chi connectivity index (χ4n) is 4.15. The molecule has 3 atom stereocenters. The van der Waals surface area contributed by atoms with Crippen molar-refractivity contribution in [1.82, 2.24) is 9.88 Å². The molecular weight excluding hydrogens is 354 g/mol. The molecule has 1 N–H and O–H groups in total. The molecule has 2 heterocycles. The van der Waals surface area contributed by atoms with Crippen LogP contribution >= 0.6 is 0 Å². The molecule has 142 valence electrons. The summed E-state index contributed by atoms with van der Waals surface area (Å²) in [5, 5.41) is 9.25. The van der Waals surface area contributed by atoms with Gasteiger partial charge in [0.2, 0.25) is 0 Å². The standard InChI is InChI=1S/C20H20F2N2O3/c21-14-1-4-20(17(22)7-14)27-16-5-12-9-24(10-13(12)6-16)11-19(26)18-3-2-15(25)8-23-18/h1-4,7-8,12-13,16,25H,5-6,9-11H2/t12-,13+,16-. The van der Waals surface area contributed by atoms with E-state index in [0.29, 0.717) is 24.1 Å². The topological polar surface area (TPSA) is 62.7 Å². The monoisotopic (exact) mass is 374 g/mol. The van der Waals surface area contributed by atoms with Gasteiger partial charge in [0.15, 0.2) is 17.3 Å². The summed E-state index contributed by atoms with van der Waals surface area (Å²) >= 11 is 0. The van der Waals surface area contributed by atoms with Crippen LogP contribution in [0.2, 0.25) is 0 Å². The minimum Gasteiger partial charge on any atom is -0.506 e. The average Bonchev–Trinajstić information content (AvgIpc) is 3.15. The van der Waals surface area contributed by atoms with Crippen LogP contribution in [0.15, 0.2) is 36.5 Å². The molecular formula is C20H20F2N2O3. The summed E-state index contributed by atoms with van der Waals surface area (Å²) in [6.45, 7) is 1.88. The summed E-state index contributed by atoms with van der Waals surface area (Å²) in [7, 11) is 0. The molecule has 27 heavy (non-hydrogen) atoms. The number of aromatic hydroxyl groups is 1. The highest BCUT2D eigenvalue weighted by molar-refractivity contribution is 5.95. The quantitative estimate of drug-likeness (QED) is 0.815. The molecule has 1 aromatic heterocycles. The number of fused-ring (bicyclic) bond motifs is 1. The Bertz CT molecular complexity index is 830. The highest BCUT2D eigenvalue weighted by atomic mass is 19.1. The van der Waals surface area contributed by atoms with Gasteiger partial charge in [-0.05, 0) is 48.9 Å². The maximum Gasteiger partial charge on any atom is 0.195 e. The molecule has 2 fully saturated rings. The number of hydrogen-bond donors (Lipinski definition) is 1. The van der Waals surface area contributed by atoms with E-state index < -0.39 is 11.6 Å². The van der Waals surface area contributed by atoms with E-state index in [0.717, 1.165) is 32.0 Å². The lowest BCUT2D eigenvalue weighted by Crippen LogP contribution is -2.30. The third-order valence-corrected chi connectivity index (χ3v) is 5.37. The van der Waals surface area contributed by atoms with Gasteiger partial charge in [-0.2, -0.15) is 0 Å². The Labute approximate surface area is 155 Å². The Morgan fingerprint density at radius 2 is 1.93 bits per heavy atom. The van der Waals surface area contributed by atoms with Crippen LogP contribution in [0.1, 0.15) is 23.3 Å². The van der Waals surface area contributed by atoms with Crippen LogP contribution in [0.3, 0.4) is 0 Å². The Morgan fingerprint density at radius 1 is 1.19 bits per heavy atom. The van der Waals surface area contributed by atoms with Crippen LogP contribution in [-0.4, -0.2) is 46.5 Å². The van der Waals surface area contributed by atoms with Gasteiger partial charge in [-0.25, -0.2) is 13.8 Å². The van der Waals surface area contributed by atoms with E-state index in [-0.39, 0.29) is 23.4 Å². The van der Waals surface area contributed by atoms with Gasteiger partial charge in [-0.3, -0.25) is 9.69 Å². The van der Waals surface area contributed by atoms with Gasteiger partial charge in [0.05, 0.1) is 18.8 Å². The number of carbonyl (C=O) groups is 1. The second kappa shape index (κ2) is 7.23. The van der Waals surface area contributed by atoms with Crippen LogP contribution in [-0.2, 0) is 0 Å². The number of halogens is 2. The molecule has 0 amide bonds. The van der Waals surface area contributed by atoms with Crippen molar-refractivity contribution < 1.29 is 23.4 Å². The van der Waals surface area contributed by atoms with Crippen molar-refractivity contribution in [2.45, 2.75) is 18.9 Å². The molecule has 1 saturated heterocycles. The molecule has 0 bridgehead atoms. The first-order chi connectivity index (χ1) is 13.0. The second-order valence-electron chi connectivity index (χ2n) is 7.33. The van der Waals surface area contributed by atoms with Crippen molar-refractivity contribution in [2.24, 2.45) is 11.8 Å². The summed E-state index contributed by atoms with van der Waals surface area (Å²) in [6.07, 6.45) is 2.77. The molecule has 1 aliphatic heterocycles. The van der Waals surface area contributed by atoms with Gasteiger partial charge in [0.25, 0.3) is 0 Å². The second-order valence-corrected chi connectivity index (χ2v) is 7.33. The van der Waals surface area contributed by atoms with Gasteiger partial charge in [0.1, 0.15) is 17.3 Å². The zero-order valence-electron chi connectivity index (χ0n) is 14.6. The van der Waals surface area contributed by atoms with Crippen molar-refractivity contribution in [3.63, 3.8) is 0 Å². The number of ketones is 1. The zero-order valence-corrected chi connectivity index (χ0v) is 14.6. The van der Waals surface area contributed by atoms with E-state index in [2.05, 4.69) is 9.88 Å². The third kappa shape index (κ3) is 3.93. The number of benzene rings is 1. The Hall–Kier alpha value is -2.54. The number of rotatable bonds is 5. The first kappa shape index (κ1) is 17.9. The predicted molar refractivity (Wildman–Crippen MR) is 93.7 cm³/mol. The highest BCUT2D eigenvalue weighted by Gasteiger charge is 2.42. The number of hydrogen-bond acceptors (Lipinski definition) is 5. The minimum absolute atomic E-state index is 0.0332. The summed E-state index contributed by atoms with van der Waals surface area (Å²) in [5.41, 5.74) is 0.345. The van der Waals surface area contributed by atoms with E-state index >= 15 is 0 Å². The molecule has 1 aromatic carbocycles. The Balaban J connectivity index is 1.30. The Morgan fingerprint density at radius 3 is 2.56 bits per heavy atom. The molecule has 1 saturated carbocycles.